The number of benzene rings is 1. The van der Waals surface area contributed by atoms with Gasteiger partial charge in [-0.1, -0.05) is 29.1 Å². The summed E-state index contributed by atoms with van der Waals surface area (Å²) in [5.41, 5.74) is 6.04. The van der Waals surface area contributed by atoms with Crippen LogP contribution < -0.4 is 16.0 Å². The fraction of sp³-hybridized carbons (Fsp3) is 0.500. The number of nitro groups is 1. The van der Waals surface area contributed by atoms with Crippen molar-refractivity contribution in [1.29, 1.82) is 0 Å². The SMILES string of the molecule is C[B]CCN(CCBr)c1c(C(=O)NCCO)cc(N)cc1[N+](=O)[O-]. The lowest BCUT2D eigenvalue weighted by atomic mass is 9.78. The lowest BCUT2D eigenvalue weighted by molar-refractivity contribution is -0.384. The Hall–Kier alpha value is -1.81. The third-order valence-corrected chi connectivity index (χ3v) is 3.66. The number of carbonyl (C=O) groups excluding carboxylic acids is 1. The molecule has 0 heterocycles. The molecule has 0 saturated heterocycles. The first-order valence-electron chi connectivity index (χ1n) is 7.51. The molecule has 24 heavy (non-hydrogen) atoms. The van der Waals surface area contributed by atoms with Gasteiger partial charge in [-0.15, -0.1) is 0 Å². The highest BCUT2D eigenvalue weighted by Gasteiger charge is 2.27. The predicted molar refractivity (Wildman–Crippen MR) is 99.4 cm³/mol. The van der Waals surface area contributed by atoms with Gasteiger partial charge in [-0.3, -0.25) is 14.9 Å². The van der Waals surface area contributed by atoms with E-state index >= 15 is 0 Å². The highest BCUT2D eigenvalue weighted by atomic mass is 79.9. The van der Waals surface area contributed by atoms with E-state index in [2.05, 4.69) is 21.2 Å². The minimum Gasteiger partial charge on any atom is -0.399 e. The van der Waals surface area contributed by atoms with Crippen molar-refractivity contribution in [3.8, 4) is 0 Å². The summed E-state index contributed by atoms with van der Waals surface area (Å²) in [4.78, 5) is 25.1. The Balaban J connectivity index is 3.43. The molecule has 131 valence electrons. The summed E-state index contributed by atoms with van der Waals surface area (Å²) in [6.07, 6.45) is 0.715. The fourth-order valence-corrected chi connectivity index (χ4v) is 2.70. The van der Waals surface area contributed by atoms with Crippen molar-refractivity contribution in [3.63, 3.8) is 0 Å². The highest BCUT2D eigenvalue weighted by Crippen LogP contribution is 2.35. The Labute approximate surface area is 149 Å². The lowest BCUT2D eigenvalue weighted by Crippen LogP contribution is -2.33. The minimum absolute atomic E-state index is 0.0576. The van der Waals surface area contributed by atoms with E-state index in [9.17, 15) is 14.9 Å². The number of carbonyl (C=O) groups is 1. The first kappa shape index (κ1) is 20.2. The molecule has 1 rings (SSSR count). The largest absolute Gasteiger partial charge is 0.399 e. The van der Waals surface area contributed by atoms with Crippen LogP contribution in [-0.4, -0.2) is 54.8 Å². The van der Waals surface area contributed by atoms with E-state index < -0.39 is 10.8 Å². The van der Waals surface area contributed by atoms with E-state index in [1.807, 2.05) is 14.1 Å². The molecule has 1 aromatic carbocycles. The second kappa shape index (κ2) is 10.1. The number of nitrogen functional groups attached to an aromatic ring is 1. The molecule has 1 amide bonds. The maximum Gasteiger partial charge on any atom is 0.295 e. The summed E-state index contributed by atoms with van der Waals surface area (Å²) in [6, 6.07) is 2.68. The Bertz CT molecular complexity index is 588. The summed E-state index contributed by atoms with van der Waals surface area (Å²) >= 11 is 3.34. The van der Waals surface area contributed by atoms with Gasteiger partial charge in [0.2, 0.25) is 0 Å². The summed E-state index contributed by atoms with van der Waals surface area (Å²) in [6.45, 7) is 2.77. The molecule has 0 saturated carbocycles. The van der Waals surface area contributed by atoms with Gasteiger partial charge in [0.15, 0.2) is 0 Å². The highest BCUT2D eigenvalue weighted by molar-refractivity contribution is 9.09. The zero-order valence-corrected chi connectivity index (χ0v) is 15.1. The Morgan fingerprint density at radius 3 is 2.75 bits per heavy atom. The van der Waals surface area contributed by atoms with Crippen LogP contribution in [0.2, 0.25) is 13.1 Å². The molecule has 0 aliphatic carbocycles. The summed E-state index contributed by atoms with van der Waals surface area (Å²) < 4.78 is 0. The van der Waals surface area contributed by atoms with E-state index in [-0.39, 0.29) is 35.8 Å². The number of halogens is 1. The molecular formula is C14H21BBrN4O4. The van der Waals surface area contributed by atoms with Crippen molar-refractivity contribution in [2.45, 2.75) is 13.1 Å². The Morgan fingerprint density at radius 1 is 1.50 bits per heavy atom. The number of anilines is 2. The van der Waals surface area contributed by atoms with Crippen molar-refractivity contribution in [1.82, 2.24) is 5.32 Å². The molecule has 1 radical (unpaired) electrons. The molecule has 0 bridgehead atoms. The molecule has 0 unspecified atom stereocenters. The van der Waals surface area contributed by atoms with Gasteiger partial charge in [0.25, 0.3) is 11.6 Å². The predicted octanol–water partition coefficient (Wildman–Crippen LogP) is 1.27. The number of amides is 1. The zero-order chi connectivity index (χ0) is 18.1. The van der Waals surface area contributed by atoms with Gasteiger partial charge in [0.05, 0.1) is 17.1 Å². The van der Waals surface area contributed by atoms with Crippen LogP contribution in [-0.2, 0) is 0 Å². The number of hydrogen-bond donors (Lipinski definition) is 3. The van der Waals surface area contributed by atoms with Gasteiger partial charge < -0.3 is 21.1 Å². The van der Waals surface area contributed by atoms with E-state index in [1.165, 1.54) is 12.1 Å². The second-order valence-corrected chi connectivity index (χ2v) is 5.84. The van der Waals surface area contributed by atoms with Gasteiger partial charge in [0, 0.05) is 36.7 Å². The van der Waals surface area contributed by atoms with Gasteiger partial charge in [0.1, 0.15) is 13.0 Å². The third kappa shape index (κ3) is 5.38. The molecule has 0 atom stereocenters. The van der Waals surface area contributed by atoms with Gasteiger partial charge in [-0.25, -0.2) is 0 Å². The summed E-state index contributed by atoms with van der Waals surface area (Å²) in [5, 5.41) is 23.5. The number of nitrogens with two attached hydrogens (primary N) is 1. The first-order chi connectivity index (χ1) is 11.5. The number of nitrogens with zero attached hydrogens (tertiary/aromatic N) is 2. The van der Waals surface area contributed by atoms with Crippen LogP contribution in [0.1, 0.15) is 10.4 Å². The van der Waals surface area contributed by atoms with E-state index in [0.717, 1.165) is 0 Å². The van der Waals surface area contributed by atoms with Crippen LogP contribution in [0, 0.1) is 10.1 Å². The minimum atomic E-state index is -0.536. The van der Waals surface area contributed by atoms with Crippen LogP contribution in [0.15, 0.2) is 12.1 Å². The number of aliphatic hydroxyl groups is 1. The number of nitrogens with one attached hydrogen (secondary N) is 1. The van der Waals surface area contributed by atoms with Crippen molar-refractivity contribution >= 4 is 46.2 Å². The molecule has 0 aliphatic heterocycles. The monoisotopic (exact) mass is 399 g/mol. The van der Waals surface area contributed by atoms with E-state index in [0.29, 0.717) is 24.7 Å². The van der Waals surface area contributed by atoms with Crippen LogP contribution in [0.4, 0.5) is 17.1 Å². The number of aliphatic hydroxyl groups excluding tert-OH is 1. The third-order valence-electron chi connectivity index (χ3n) is 3.31. The maximum atomic E-state index is 12.4. The Kier molecular flexibility index (Phi) is 8.55. The van der Waals surface area contributed by atoms with Crippen molar-refractivity contribution in [3.05, 3.63) is 27.8 Å². The molecule has 4 N–H and O–H groups in total. The molecule has 8 nitrogen and oxygen atoms in total. The van der Waals surface area contributed by atoms with Crippen LogP contribution in [0.3, 0.4) is 0 Å². The van der Waals surface area contributed by atoms with Gasteiger partial charge in [-0.05, 0) is 6.07 Å². The van der Waals surface area contributed by atoms with Crippen LogP contribution >= 0.6 is 15.9 Å². The molecule has 0 spiro atoms. The number of nitro benzene ring substituents is 1. The van der Waals surface area contributed by atoms with Crippen molar-refractivity contribution in [2.24, 2.45) is 0 Å². The number of rotatable bonds is 10. The summed E-state index contributed by atoms with van der Waals surface area (Å²) in [7, 11) is 1.95. The van der Waals surface area contributed by atoms with Crippen LogP contribution in [0.5, 0.6) is 0 Å². The molecule has 0 fully saturated rings. The quantitative estimate of drug-likeness (QED) is 0.179. The second-order valence-electron chi connectivity index (χ2n) is 5.05. The summed E-state index contributed by atoms with van der Waals surface area (Å²) in [5.74, 6) is -0.505. The van der Waals surface area contributed by atoms with Gasteiger partial charge >= 0.3 is 0 Å². The molecule has 1 aromatic rings. The average molecular weight is 400 g/mol. The topological polar surface area (TPSA) is 122 Å². The Morgan fingerprint density at radius 2 is 2.21 bits per heavy atom. The molecule has 0 aromatic heterocycles. The maximum absolute atomic E-state index is 12.4. The molecule has 10 heteroatoms. The van der Waals surface area contributed by atoms with E-state index in [4.69, 9.17) is 10.8 Å². The van der Waals surface area contributed by atoms with Crippen LogP contribution in [0.25, 0.3) is 0 Å². The molecular weight excluding hydrogens is 379 g/mol. The molecule has 0 aliphatic rings. The lowest BCUT2D eigenvalue weighted by Gasteiger charge is -2.26. The number of alkyl halides is 1. The van der Waals surface area contributed by atoms with Crippen molar-refractivity contribution in [2.75, 3.05) is 42.2 Å². The fourth-order valence-electron chi connectivity index (χ4n) is 2.27. The van der Waals surface area contributed by atoms with Crippen molar-refractivity contribution < 1.29 is 14.8 Å². The van der Waals surface area contributed by atoms with E-state index in [1.54, 1.807) is 4.90 Å². The average Bonchev–Trinajstić information content (AvgIpc) is 2.55. The normalized spacial score (nSPS) is 10.3. The zero-order valence-electron chi connectivity index (χ0n) is 13.5. The number of hydrogen-bond acceptors (Lipinski definition) is 6. The standard InChI is InChI=1S/C14H21BBrN4O4/c1-15-2-5-19(6-3-16)13-11(14(22)18-4-7-21)8-10(17)9-12(13)20(23)24/h8-9,21H,2-7,17H2,1H3,(H,18,22). The first-order valence-corrected chi connectivity index (χ1v) is 8.64. The smallest absolute Gasteiger partial charge is 0.295 e. The van der Waals surface area contributed by atoms with Gasteiger partial charge in [-0.2, -0.15) is 0 Å².